The Labute approximate surface area is 171 Å². The van der Waals surface area contributed by atoms with Gasteiger partial charge in [0.15, 0.2) is 0 Å². The number of aromatic amines is 1. The normalized spacial score (nSPS) is 15.8. The molecule has 0 saturated carbocycles. The summed E-state index contributed by atoms with van der Waals surface area (Å²) in [5.41, 5.74) is 0.341. The highest BCUT2D eigenvalue weighted by Crippen LogP contribution is 2.33. The van der Waals surface area contributed by atoms with Gasteiger partial charge in [0.1, 0.15) is 5.56 Å². The van der Waals surface area contributed by atoms with E-state index in [0.29, 0.717) is 0 Å². The highest BCUT2D eigenvalue weighted by molar-refractivity contribution is 6.04. The number of nitrogens with zero attached hydrogens (tertiary/aromatic N) is 3. The first kappa shape index (κ1) is 19.4. The summed E-state index contributed by atoms with van der Waals surface area (Å²) in [5, 5.41) is 16.4. The van der Waals surface area contributed by atoms with Crippen LogP contribution in [0, 0.1) is 0 Å². The second-order valence-corrected chi connectivity index (χ2v) is 7.07. The zero-order chi connectivity index (χ0) is 21.3. The molecule has 1 aliphatic rings. The summed E-state index contributed by atoms with van der Waals surface area (Å²) in [5.74, 6) is -0.754. The van der Waals surface area contributed by atoms with Crippen molar-refractivity contribution in [3.63, 3.8) is 0 Å². The van der Waals surface area contributed by atoms with Gasteiger partial charge in [-0.15, -0.1) is 0 Å². The lowest BCUT2D eigenvalue weighted by Gasteiger charge is -2.20. The van der Waals surface area contributed by atoms with Crippen LogP contribution in [0.5, 0.6) is 5.88 Å². The van der Waals surface area contributed by atoms with Crippen molar-refractivity contribution in [3.05, 3.63) is 98.2 Å². The molecule has 2 heterocycles. The highest BCUT2D eigenvalue weighted by atomic mass is 16.3. The monoisotopic (exact) mass is 404 g/mol. The second-order valence-electron chi connectivity index (χ2n) is 7.07. The van der Waals surface area contributed by atoms with Gasteiger partial charge in [-0.25, -0.2) is 9.80 Å². The molecule has 0 fully saturated rings. The van der Waals surface area contributed by atoms with Gasteiger partial charge in [0.2, 0.25) is 11.8 Å². The lowest BCUT2D eigenvalue weighted by atomic mass is 9.99. The predicted octanol–water partition coefficient (Wildman–Crippen LogP) is 1.99. The average Bonchev–Trinajstić information content (AvgIpc) is 3.18. The van der Waals surface area contributed by atoms with Crippen LogP contribution in [0.3, 0.4) is 0 Å². The molecular formula is C22H20N4O4. The topological polar surface area (TPSA) is 108 Å². The number of aromatic hydroxyl groups is 1. The number of H-pyrrole nitrogens is 1. The molecule has 1 atom stereocenters. The zero-order valence-corrected chi connectivity index (χ0v) is 16.3. The number of hydrogen-bond acceptors (Lipinski definition) is 5. The molecule has 8 heteroatoms. The van der Waals surface area contributed by atoms with E-state index in [2.05, 4.69) is 10.1 Å². The van der Waals surface area contributed by atoms with E-state index in [0.717, 1.165) is 15.7 Å². The first-order valence-electron chi connectivity index (χ1n) is 9.48. The molecular weight excluding hydrogens is 384 g/mol. The smallest absolute Gasteiger partial charge is 0.331 e. The van der Waals surface area contributed by atoms with Crippen molar-refractivity contribution in [1.29, 1.82) is 0 Å². The van der Waals surface area contributed by atoms with E-state index >= 15 is 0 Å². The number of benzene rings is 2. The number of hydrogen-bond donors (Lipinski definition) is 2. The number of aromatic nitrogens is 2. The van der Waals surface area contributed by atoms with Crippen molar-refractivity contribution in [1.82, 2.24) is 14.6 Å². The molecule has 8 nitrogen and oxygen atoms in total. The molecule has 1 unspecified atom stereocenters. The third kappa shape index (κ3) is 3.55. The minimum absolute atomic E-state index is 0.0844. The van der Waals surface area contributed by atoms with E-state index in [9.17, 15) is 19.5 Å². The van der Waals surface area contributed by atoms with Gasteiger partial charge >= 0.3 is 5.69 Å². The van der Waals surface area contributed by atoms with Crippen LogP contribution >= 0.6 is 0 Å². The van der Waals surface area contributed by atoms with Crippen molar-refractivity contribution >= 4 is 11.6 Å². The van der Waals surface area contributed by atoms with Crippen LogP contribution in [0.2, 0.25) is 0 Å². The molecule has 0 bridgehead atoms. The number of nitrogens with one attached hydrogen (secondary N) is 1. The SMILES string of the molecule is CC(=O)N1N=C(c2c(O)n(Cc3ccccc3)c(=O)[nH]c2=O)CC1c1ccccc1. The fourth-order valence-corrected chi connectivity index (χ4v) is 3.62. The van der Waals surface area contributed by atoms with Gasteiger partial charge in [0.05, 0.1) is 18.3 Å². The minimum Gasteiger partial charge on any atom is -0.494 e. The fourth-order valence-electron chi connectivity index (χ4n) is 3.62. The van der Waals surface area contributed by atoms with E-state index in [1.807, 2.05) is 60.7 Å². The Morgan fingerprint density at radius 2 is 1.73 bits per heavy atom. The summed E-state index contributed by atoms with van der Waals surface area (Å²) < 4.78 is 1.09. The Morgan fingerprint density at radius 3 is 2.37 bits per heavy atom. The first-order chi connectivity index (χ1) is 14.5. The lowest BCUT2D eigenvalue weighted by molar-refractivity contribution is -0.130. The van der Waals surface area contributed by atoms with Crippen molar-refractivity contribution in [2.45, 2.75) is 25.9 Å². The minimum atomic E-state index is -0.738. The number of rotatable bonds is 4. The number of amides is 1. The summed E-state index contributed by atoms with van der Waals surface area (Å²) >= 11 is 0. The maximum absolute atomic E-state index is 12.6. The van der Waals surface area contributed by atoms with Gasteiger partial charge in [-0.2, -0.15) is 5.10 Å². The molecule has 0 aliphatic carbocycles. The van der Waals surface area contributed by atoms with Crippen LogP contribution in [0.4, 0.5) is 0 Å². The van der Waals surface area contributed by atoms with Crippen molar-refractivity contribution in [2.24, 2.45) is 5.10 Å². The van der Waals surface area contributed by atoms with Crippen molar-refractivity contribution in [3.8, 4) is 5.88 Å². The van der Waals surface area contributed by atoms with Crippen LogP contribution in [0.1, 0.15) is 36.1 Å². The number of carbonyl (C=O) groups is 1. The van der Waals surface area contributed by atoms with E-state index in [4.69, 9.17) is 0 Å². The third-order valence-electron chi connectivity index (χ3n) is 5.06. The standard InChI is InChI=1S/C22H20N4O4/c1-14(27)26-18(16-10-6-3-7-11-16)12-17(24-26)19-20(28)23-22(30)25(21(19)29)13-15-8-4-2-5-9-15/h2-11,18,29H,12-13H2,1H3,(H,23,28,30). The molecule has 1 aliphatic heterocycles. The van der Waals surface area contributed by atoms with Gasteiger partial charge in [-0.1, -0.05) is 60.7 Å². The van der Waals surface area contributed by atoms with Gasteiger partial charge in [0, 0.05) is 13.3 Å². The molecule has 2 N–H and O–H groups in total. The molecule has 0 radical (unpaired) electrons. The van der Waals surface area contributed by atoms with Gasteiger partial charge in [-0.05, 0) is 11.1 Å². The Kier molecular flexibility index (Phi) is 5.05. The van der Waals surface area contributed by atoms with Crippen LogP contribution in [0.15, 0.2) is 75.4 Å². The van der Waals surface area contributed by atoms with E-state index in [-0.39, 0.29) is 30.1 Å². The summed E-state index contributed by atoms with van der Waals surface area (Å²) in [7, 11) is 0. The quantitative estimate of drug-likeness (QED) is 0.693. The maximum Gasteiger partial charge on any atom is 0.331 e. The highest BCUT2D eigenvalue weighted by Gasteiger charge is 2.34. The summed E-state index contributed by atoms with van der Waals surface area (Å²) in [6.07, 6.45) is 0.240. The Balaban J connectivity index is 1.77. The number of carbonyl (C=O) groups excluding carboxylic acids is 1. The van der Waals surface area contributed by atoms with Gasteiger partial charge < -0.3 is 5.11 Å². The molecule has 0 spiro atoms. The Morgan fingerprint density at radius 1 is 1.10 bits per heavy atom. The van der Waals surface area contributed by atoms with Crippen LogP contribution in [-0.2, 0) is 11.3 Å². The van der Waals surface area contributed by atoms with E-state index < -0.39 is 23.2 Å². The predicted molar refractivity (Wildman–Crippen MR) is 111 cm³/mol. The van der Waals surface area contributed by atoms with Crippen LogP contribution in [0.25, 0.3) is 0 Å². The Bertz CT molecular complexity index is 1230. The molecule has 4 rings (SSSR count). The summed E-state index contributed by atoms with van der Waals surface area (Å²) in [6.45, 7) is 1.48. The summed E-state index contributed by atoms with van der Waals surface area (Å²) in [6, 6.07) is 18.0. The Hall–Kier alpha value is -3.94. The van der Waals surface area contributed by atoms with E-state index in [1.54, 1.807) is 0 Å². The molecule has 1 aromatic heterocycles. The van der Waals surface area contributed by atoms with Crippen molar-refractivity contribution in [2.75, 3.05) is 0 Å². The number of hydrazone groups is 1. The van der Waals surface area contributed by atoms with Gasteiger partial charge in [0.25, 0.3) is 5.56 Å². The molecule has 30 heavy (non-hydrogen) atoms. The van der Waals surface area contributed by atoms with Gasteiger partial charge in [-0.3, -0.25) is 19.1 Å². The van der Waals surface area contributed by atoms with Crippen molar-refractivity contribution < 1.29 is 9.90 Å². The van der Waals surface area contributed by atoms with Crippen LogP contribution < -0.4 is 11.2 Å². The molecule has 2 aromatic carbocycles. The maximum atomic E-state index is 12.6. The zero-order valence-electron chi connectivity index (χ0n) is 16.3. The largest absolute Gasteiger partial charge is 0.494 e. The van der Waals surface area contributed by atoms with Crippen LogP contribution in [-0.4, -0.2) is 31.3 Å². The molecule has 152 valence electrons. The molecule has 1 amide bonds. The lowest BCUT2D eigenvalue weighted by Crippen LogP contribution is -2.34. The summed E-state index contributed by atoms with van der Waals surface area (Å²) in [4.78, 5) is 39.3. The molecule has 0 saturated heterocycles. The average molecular weight is 404 g/mol. The first-order valence-corrected chi connectivity index (χ1v) is 9.48. The molecule has 3 aromatic rings. The fraction of sp³-hybridized carbons (Fsp3) is 0.182. The third-order valence-corrected chi connectivity index (χ3v) is 5.06. The second kappa shape index (κ2) is 7.82. The van der Waals surface area contributed by atoms with E-state index in [1.165, 1.54) is 11.9 Å².